The van der Waals surface area contributed by atoms with Gasteiger partial charge in [-0.15, -0.1) is 0 Å². The number of imide groups is 1. The first-order valence-corrected chi connectivity index (χ1v) is 12.1. The van der Waals surface area contributed by atoms with E-state index in [-0.39, 0.29) is 4.90 Å². The summed E-state index contributed by atoms with van der Waals surface area (Å²) >= 11 is 1.10. The average molecular weight is 464 g/mol. The molecule has 3 amide bonds. The zero-order valence-electron chi connectivity index (χ0n) is 17.1. The van der Waals surface area contributed by atoms with Gasteiger partial charge in [-0.3, -0.25) is 15.0 Å². The first-order valence-electron chi connectivity index (χ1n) is 9.75. The lowest BCUT2D eigenvalue weighted by atomic mass is 10.2. The Labute approximate surface area is 186 Å². The Kier molecular flexibility index (Phi) is 7.65. The number of benzene rings is 1. The number of primary amides is 1. The Bertz CT molecular complexity index is 1010. The van der Waals surface area contributed by atoms with E-state index in [0.717, 1.165) is 18.3 Å². The van der Waals surface area contributed by atoms with Crippen molar-refractivity contribution in [3.63, 3.8) is 0 Å². The normalized spacial score (nSPS) is 16.5. The number of nitrogens with two attached hydrogens (primary N) is 1. The third-order valence-corrected chi connectivity index (χ3v) is 7.77. The Balaban J connectivity index is 1.57. The molecule has 1 aromatic heterocycles. The van der Waals surface area contributed by atoms with Gasteiger partial charge in [0.15, 0.2) is 0 Å². The number of aromatic nitrogens is 1. The molecular weight excluding hydrogens is 438 g/mol. The molecule has 1 atom stereocenters. The number of nitrogens with zero attached hydrogens (tertiary/aromatic N) is 3. The number of carbonyl (C=O) groups is 2. The second-order valence-corrected chi connectivity index (χ2v) is 10.4. The molecule has 0 unspecified atom stereocenters. The molecule has 9 nitrogen and oxygen atoms in total. The van der Waals surface area contributed by atoms with Crippen LogP contribution in [-0.2, 0) is 21.4 Å². The van der Waals surface area contributed by atoms with Crippen molar-refractivity contribution in [2.24, 2.45) is 5.73 Å². The van der Waals surface area contributed by atoms with E-state index in [1.807, 2.05) is 23.5 Å². The molecule has 1 saturated heterocycles. The Hall–Kier alpha value is -2.47. The van der Waals surface area contributed by atoms with Gasteiger partial charge in [0.2, 0.25) is 15.9 Å². The highest BCUT2D eigenvalue weighted by Crippen LogP contribution is 2.24. The van der Waals surface area contributed by atoms with Crippen LogP contribution in [0.25, 0.3) is 0 Å². The first kappa shape index (κ1) is 23.2. The standard InChI is InChI=1S/C20H25N5O4S2/c1-15(19(26)23-20(21)27)30-18-8-7-17(13-22-18)31(28,29)25-11-9-24(10-12-25)14-16-5-3-2-4-6-16/h2-8,13,15H,9-12,14H2,1H3,(H3,21,23,26,27)/t15-/m0/s1. The van der Waals surface area contributed by atoms with Crippen molar-refractivity contribution < 1.29 is 18.0 Å². The number of amides is 3. The lowest BCUT2D eigenvalue weighted by molar-refractivity contribution is -0.119. The van der Waals surface area contributed by atoms with Gasteiger partial charge in [-0.2, -0.15) is 4.31 Å². The molecule has 166 valence electrons. The molecule has 3 rings (SSSR count). The Morgan fingerprint density at radius 2 is 1.81 bits per heavy atom. The van der Waals surface area contributed by atoms with Gasteiger partial charge in [-0.05, 0) is 24.6 Å². The summed E-state index contributed by atoms with van der Waals surface area (Å²) in [6.45, 7) is 4.53. The quantitative estimate of drug-likeness (QED) is 0.592. The lowest BCUT2D eigenvalue weighted by Gasteiger charge is -2.33. The number of thioether (sulfide) groups is 1. The maximum atomic E-state index is 13.0. The molecule has 1 aliphatic heterocycles. The molecule has 2 heterocycles. The highest BCUT2D eigenvalue weighted by Gasteiger charge is 2.29. The van der Waals surface area contributed by atoms with Crippen molar-refractivity contribution >= 4 is 33.7 Å². The highest BCUT2D eigenvalue weighted by atomic mass is 32.2. The summed E-state index contributed by atoms with van der Waals surface area (Å²) in [5.41, 5.74) is 6.14. The van der Waals surface area contributed by atoms with Crippen LogP contribution in [0.15, 0.2) is 58.6 Å². The summed E-state index contributed by atoms with van der Waals surface area (Å²) in [6.07, 6.45) is 1.30. The van der Waals surface area contributed by atoms with E-state index in [4.69, 9.17) is 5.73 Å². The molecule has 0 spiro atoms. The van der Waals surface area contributed by atoms with Gasteiger partial charge in [0.05, 0.1) is 10.3 Å². The summed E-state index contributed by atoms with van der Waals surface area (Å²) in [5, 5.41) is 1.87. The molecular formula is C20H25N5O4S2. The van der Waals surface area contributed by atoms with Crippen molar-refractivity contribution in [3.8, 4) is 0 Å². The van der Waals surface area contributed by atoms with Gasteiger partial charge in [-0.1, -0.05) is 42.1 Å². The number of sulfonamides is 1. The van der Waals surface area contributed by atoms with Crippen molar-refractivity contribution in [2.75, 3.05) is 26.2 Å². The topological polar surface area (TPSA) is 126 Å². The average Bonchev–Trinajstić information content (AvgIpc) is 2.75. The Morgan fingerprint density at radius 3 is 2.39 bits per heavy atom. The van der Waals surface area contributed by atoms with Crippen molar-refractivity contribution in [2.45, 2.75) is 28.6 Å². The van der Waals surface area contributed by atoms with E-state index >= 15 is 0 Å². The number of urea groups is 1. The monoisotopic (exact) mass is 463 g/mol. The zero-order valence-corrected chi connectivity index (χ0v) is 18.7. The fourth-order valence-corrected chi connectivity index (χ4v) is 5.32. The summed E-state index contributed by atoms with van der Waals surface area (Å²) < 4.78 is 27.4. The van der Waals surface area contributed by atoms with Crippen LogP contribution in [0, 0.1) is 0 Å². The molecule has 3 N–H and O–H groups in total. The van der Waals surface area contributed by atoms with E-state index in [1.165, 1.54) is 22.1 Å². The molecule has 0 saturated carbocycles. The fourth-order valence-electron chi connectivity index (χ4n) is 3.17. The van der Waals surface area contributed by atoms with Gasteiger partial charge in [0, 0.05) is 38.9 Å². The number of hydrogen-bond donors (Lipinski definition) is 2. The molecule has 11 heteroatoms. The van der Waals surface area contributed by atoms with Crippen molar-refractivity contribution in [1.82, 2.24) is 19.5 Å². The predicted octanol–water partition coefficient (Wildman–Crippen LogP) is 1.26. The number of hydrogen-bond acceptors (Lipinski definition) is 7. The SMILES string of the molecule is C[C@H](Sc1ccc(S(=O)(=O)N2CCN(Cc3ccccc3)CC2)cn1)C(=O)NC(N)=O. The molecule has 0 radical (unpaired) electrons. The van der Waals surface area contributed by atoms with Crippen LogP contribution in [0.3, 0.4) is 0 Å². The van der Waals surface area contributed by atoms with Crippen molar-refractivity contribution in [3.05, 3.63) is 54.2 Å². The van der Waals surface area contributed by atoms with E-state index in [2.05, 4.69) is 22.0 Å². The molecule has 0 aliphatic carbocycles. The molecule has 0 bridgehead atoms. The van der Waals surface area contributed by atoms with Gasteiger partial charge in [0.25, 0.3) is 0 Å². The fraction of sp³-hybridized carbons (Fsp3) is 0.350. The lowest BCUT2D eigenvalue weighted by Crippen LogP contribution is -2.48. The minimum Gasteiger partial charge on any atom is -0.351 e. The highest BCUT2D eigenvalue weighted by molar-refractivity contribution is 8.00. The van der Waals surface area contributed by atoms with Gasteiger partial charge in [0.1, 0.15) is 4.90 Å². The number of carbonyl (C=O) groups excluding carboxylic acids is 2. The summed E-state index contributed by atoms with van der Waals surface area (Å²) in [4.78, 5) is 29.1. The largest absolute Gasteiger partial charge is 0.351 e. The third-order valence-electron chi connectivity index (χ3n) is 4.84. The van der Waals surface area contributed by atoms with Gasteiger partial charge in [-0.25, -0.2) is 18.2 Å². The van der Waals surface area contributed by atoms with Crippen LogP contribution >= 0.6 is 11.8 Å². The van der Waals surface area contributed by atoms with Crippen LogP contribution in [0.1, 0.15) is 12.5 Å². The summed E-state index contributed by atoms with van der Waals surface area (Å²) in [7, 11) is -3.64. The van der Waals surface area contributed by atoms with E-state index < -0.39 is 27.2 Å². The van der Waals surface area contributed by atoms with Crippen LogP contribution in [0.5, 0.6) is 0 Å². The molecule has 31 heavy (non-hydrogen) atoms. The number of piperazine rings is 1. The van der Waals surface area contributed by atoms with E-state index in [0.29, 0.717) is 31.2 Å². The molecule has 1 aliphatic rings. The third kappa shape index (κ3) is 6.26. The molecule has 1 aromatic carbocycles. The predicted molar refractivity (Wildman–Crippen MR) is 118 cm³/mol. The van der Waals surface area contributed by atoms with E-state index in [1.54, 1.807) is 13.0 Å². The zero-order chi connectivity index (χ0) is 22.4. The second kappa shape index (κ2) is 10.2. The second-order valence-electron chi connectivity index (χ2n) is 7.11. The van der Waals surface area contributed by atoms with Crippen LogP contribution < -0.4 is 11.1 Å². The van der Waals surface area contributed by atoms with E-state index in [9.17, 15) is 18.0 Å². The molecule has 2 aromatic rings. The van der Waals surface area contributed by atoms with Crippen LogP contribution in [0.2, 0.25) is 0 Å². The number of nitrogens with one attached hydrogen (secondary N) is 1. The summed E-state index contributed by atoms with van der Waals surface area (Å²) in [5.74, 6) is -0.538. The maximum absolute atomic E-state index is 13.0. The van der Waals surface area contributed by atoms with Crippen LogP contribution in [-0.4, -0.2) is 66.0 Å². The Morgan fingerprint density at radius 1 is 1.13 bits per heavy atom. The minimum absolute atomic E-state index is 0.114. The van der Waals surface area contributed by atoms with Crippen LogP contribution in [0.4, 0.5) is 4.79 Å². The molecule has 1 fully saturated rings. The van der Waals surface area contributed by atoms with Gasteiger partial charge >= 0.3 is 6.03 Å². The first-order chi connectivity index (χ1) is 14.8. The van der Waals surface area contributed by atoms with Gasteiger partial charge < -0.3 is 5.73 Å². The summed E-state index contributed by atoms with van der Waals surface area (Å²) in [6, 6.07) is 12.2. The number of rotatable bonds is 7. The smallest absolute Gasteiger partial charge is 0.318 e. The number of pyridine rings is 1. The van der Waals surface area contributed by atoms with Crippen molar-refractivity contribution in [1.29, 1.82) is 0 Å². The maximum Gasteiger partial charge on any atom is 0.318 e. The minimum atomic E-state index is -3.64.